The normalized spacial score (nSPS) is 10.8. The van der Waals surface area contributed by atoms with Gasteiger partial charge < -0.3 is 10.6 Å². The summed E-state index contributed by atoms with van der Waals surface area (Å²) in [6.45, 7) is 5.11. The van der Waals surface area contributed by atoms with E-state index in [0.717, 1.165) is 30.8 Å². The summed E-state index contributed by atoms with van der Waals surface area (Å²) in [7, 11) is 0. The average molecular weight is 336 g/mol. The molecule has 24 heavy (non-hydrogen) atoms. The Labute approximate surface area is 138 Å². The molecule has 0 bridgehead atoms. The highest BCUT2D eigenvalue weighted by molar-refractivity contribution is 6.04. The summed E-state index contributed by atoms with van der Waals surface area (Å²) in [6, 6.07) is 8.47. The molecule has 128 valence electrons. The molecule has 0 saturated heterocycles. The van der Waals surface area contributed by atoms with E-state index in [1.165, 1.54) is 0 Å². The lowest BCUT2D eigenvalue weighted by atomic mass is 10.1. The van der Waals surface area contributed by atoms with Gasteiger partial charge in [0.1, 0.15) is 0 Å². The molecule has 0 aromatic heterocycles. The van der Waals surface area contributed by atoms with Gasteiger partial charge in [-0.1, -0.05) is 13.8 Å². The van der Waals surface area contributed by atoms with Gasteiger partial charge in [-0.3, -0.25) is 4.79 Å². The fourth-order valence-corrected chi connectivity index (χ4v) is 2.08. The van der Waals surface area contributed by atoms with E-state index in [9.17, 15) is 18.0 Å². The Morgan fingerprint density at radius 1 is 0.958 bits per heavy atom. The van der Waals surface area contributed by atoms with Crippen molar-refractivity contribution in [3.8, 4) is 0 Å². The first kappa shape index (κ1) is 17.8. The van der Waals surface area contributed by atoms with E-state index in [4.69, 9.17) is 0 Å². The number of hydrogen-bond acceptors (Lipinski definition) is 2. The second kappa shape index (κ2) is 7.86. The van der Waals surface area contributed by atoms with Crippen molar-refractivity contribution in [2.75, 3.05) is 17.2 Å². The summed E-state index contributed by atoms with van der Waals surface area (Å²) >= 11 is 0. The van der Waals surface area contributed by atoms with E-state index in [1.54, 1.807) is 24.3 Å². The van der Waals surface area contributed by atoms with Gasteiger partial charge >= 0.3 is 0 Å². The lowest BCUT2D eigenvalue weighted by Crippen LogP contribution is -2.15. The van der Waals surface area contributed by atoms with Gasteiger partial charge in [0.05, 0.1) is 5.56 Å². The fraction of sp³-hybridized carbons (Fsp3) is 0.278. The summed E-state index contributed by atoms with van der Waals surface area (Å²) in [4.78, 5) is 12.0. The standard InChI is InChI=1S/C18H19F3N2O/c1-11(2)9-10-22-12-3-5-13(6-4-12)23-18(24)14-7-8-15(19)17(21)16(14)20/h3-8,11,22H,9-10H2,1-2H3,(H,23,24). The van der Waals surface area contributed by atoms with Crippen molar-refractivity contribution in [3.05, 3.63) is 59.4 Å². The number of hydrogen-bond donors (Lipinski definition) is 2. The average Bonchev–Trinajstić information content (AvgIpc) is 2.54. The first-order valence-corrected chi connectivity index (χ1v) is 7.67. The first-order chi connectivity index (χ1) is 11.4. The largest absolute Gasteiger partial charge is 0.385 e. The number of carbonyl (C=O) groups excluding carboxylic acids is 1. The van der Waals surface area contributed by atoms with Gasteiger partial charge in [0.15, 0.2) is 17.5 Å². The number of rotatable bonds is 6. The molecule has 3 nitrogen and oxygen atoms in total. The van der Waals surface area contributed by atoms with Gasteiger partial charge in [-0.2, -0.15) is 0 Å². The highest BCUT2D eigenvalue weighted by Gasteiger charge is 2.18. The van der Waals surface area contributed by atoms with Crippen LogP contribution < -0.4 is 10.6 Å². The van der Waals surface area contributed by atoms with Gasteiger partial charge in [-0.15, -0.1) is 0 Å². The maximum Gasteiger partial charge on any atom is 0.258 e. The van der Waals surface area contributed by atoms with E-state index >= 15 is 0 Å². The molecule has 0 saturated carbocycles. The highest BCUT2D eigenvalue weighted by atomic mass is 19.2. The molecule has 2 N–H and O–H groups in total. The molecule has 2 aromatic rings. The van der Waals surface area contributed by atoms with Crippen LogP contribution in [0.2, 0.25) is 0 Å². The van der Waals surface area contributed by atoms with Crippen LogP contribution >= 0.6 is 0 Å². The summed E-state index contributed by atoms with van der Waals surface area (Å²) in [5.74, 6) is -4.73. The second-order valence-corrected chi connectivity index (χ2v) is 5.86. The maximum absolute atomic E-state index is 13.6. The summed E-state index contributed by atoms with van der Waals surface area (Å²) in [5.41, 5.74) is 0.777. The van der Waals surface area contributed by atoms with Crippen LogP contribution in [-0.2, 0) is 0 Å². The van der Waals surface area contributed by atoms with Gasteiger partial charge in [0, 0.05) is 17.9 Å². The molecule has 0 heterocycles. The molecule has 0 spiro atoms. The van der Waals surface area contributed by atoms with Crippen molar-refractivity contribution >= 4 is 17.3 Å². The van der Waals surface area contributed by atoms with Crippen molar-refractivity contribution in [2.24, 2.45) is 5.92 Å². The Bertz CT molecular complexity index is 715. The SMILES string of the molecule is CC(C)CCNc1ccc(NC(=O)c2ccc(F)c(F)c2F)cc1. The number of amides is 1. The molecule has 2 rings (SSSR count). The maximum atomic E-state index is 13.6. The van der Waals surface area contributed by atoms with Crippen LogP contribution in [0.3, 0.4) is 0 Å². The first-order valence-electron chi connectivity index (χ1n) is 7.67. The molecule has 0 aliphatic carbocycles. The second-order valence-electron chi connectivity index (χ2n) is 5.86. The zero-order valence-corrected chi connectivity index (χ0v) is 13.5. The number of nitrogens with one attached hydrogen (secondary N) is 2. The summed E-state index contributed by atoms with van der Waals surface area (Å²) < 4.78 is 39.7. The zero-order chi connectivity index (χ0) is 17.7. The minimum absolute atomic E-state index is 0.429. The van der Waals surface area contributed by atoms with Crippen LogP contribution in [0.4, 0.5) is 24.5 Å². The van der Waals surface area contributed by atoms with Crippen molar-refractivity contribution in [1.29, 1.82) is 0 Å². The van der Waals surface area contributed by atoms with Gasteiger partial charge in [0.2, 0.25) is 0 Å². The Kier molecular flexibility index (Phi) is 5.84. The summed E-state index contributed by atoms with van der Waals surface area (Å²) in [5, 5.41) is 5.70. The molecule has 0 radical (unpaired) electrons. The number of halogens is 3. The minimum atomic E-state index is -1.66. The molecule has 0 aliphatic rings. The predicted molar refractivity (Wildman–Crippen MR) is 88.7 cm³/mol. The van der Waals surface area contributed by atoms with Crippen molar-refractivity contribution < 1.29 is 18.0 Å². The van der Waals surface area contributed by atoms with Crippen LogP contribution in [0.5, 0.6) is 0 Å². The van der Waals surface area contributed by atoms with Crippen molar-refractivity contribution in [3.63, 3.8) is 0 Å². The van der Waals surface area contributed by atoms with Crippen LogP contribution in [0.15, 0.2) is 36.4 Å². The number of benzene rings is 2. The molecule has 0 aliphatic heterocycles. The third-order valence-corrected chi connectivity index (χ3v) is 3.47. The zero-order valence-electron chi connectivity index (χ0n) is 13.5. The Hall–Kier alpha value is -2.50. The number of anilines is 2. The van der Waals surface area contributed by atoms with E-state index in [2.05, 4.69) is 24.5 Å². The molecular formula is C18H19F3N2O. The molecule has 6 heteroatoms. The van der Waals surface area contributed by atoms with Crippen molar-refractivity contribution in [2.45, 2.75) is 20.3 Å². The Morgan fingerprint density at radius 2 is 1.58 bits per heavy atom. The lowest BCUT2D eigenvalue weighted by molar-refractivity contribution is 0.102. The van der Waals surface area contributed by atoms with E-state index in [-0.39, 0.29) is 0 Å². The Balaban J connectivity index is 2.01. The lowest BCUT2D eigenvalue weighted by Gasteiger charge is -2.10. The smallest absolute Gasteiger partial charge is 0.258 e. The van der Waals surface area contributed by atoms with Gasteiger partial charge in [-0.05, 0) is 48.7 Å². The van der Waals surface area contributed by atoms with Crippen molar-refractivity contribution in [1.82, 2.24) is 0 Å². The number of carbonyl (C=O) groups is 1. The van der Waals surface area contributed by atoms with Crippen LogP contribution in [0.25, 0.3) is 0 Å². The molecule has 0 unspecified atom stereocenters. The van der Waals surface area contributed by atoms with E-state index in [0.29, 0.717) is 11.6 Å². The molecule has 0 atom stereocenters. The van der Waals surface area contributed by atoms with Gasteiger partial charge in [-0.25, -0.2) is 13.2 Å². The monoisotopic (exact) mass is 336 g/mol. The molecule has 0 fully saturated rings. The van der Waals surface area contributed by atoms with Crippen LogP contribution in [0, 0.1) is 23.4 Å². The molecular weight excluding hydrogens is 317 g/mol. The molecule has 1 amide bonds. The topological polar surface area (TPSA) is 41.1 Å². The van der Waals surface area contributed by atoms with Crippen LogP contribution in [0.1, 0.15) is 30.6 Å². The van der Waals surface area contributed by atoms with Crippen LogP contribution in [-0.4, -0.2) is 12.5 Å². The molecule has 2 aromatic carbocycles. The minimum Gasteiger partial charge on any atom is -0.385 e. The fourth-order valence-electron chi connectivity index (χ4n) is 2.08. The van der Waals surface area contributed by atoms with E-state index in [1.807, 2.05) is 0 Å². The predicted octanol–water partition coefficient (Wildman–Crippen LogP) is 4.81. The Morgan fingerprint density at radius 3 is 2.21 bits per heavy atom. The van der Waals surface area contributed by atoms with Gasteiger partial charge in [0.25, 0.3) is 5.91 Å². The highest BCUT2D eigenvalue weighted by Crippen LogP contribution is 2.18. The van der Waals surface area contributed by atoms with E-state index < -0.39 is 28.9 Å². The summed E-state index contributed by atoms with van der Waals surface area (Å²) in [6.07, 6.45) is 1.04. The third kappa shape index (κ3) is 4.50. The third-order valence-electron chi connectivity index (χ3n) is 3.47. The quantitative estimate of drug-likeness (QED) is 0.743.